The van der Waals surface area contributed by atoms with E-state index in [0.29, 0.717) is 18.1 Å². The number of hydrogen-bond acceptors (Lipinski definition) is 4. The van der Waals surface area contributed by atoms with E-state index >= 15 is 0 Å². The molecule has 1 unspecified atom stereocenters. The number of anilines is 1. The van der Waals surface area contributed by atoms with Gasteiger partial charge in [0.05, 0.1) is 5.69 Å². The summed E-state index contributed by atoms with van der Waals surface area (Å²) in [6, 6.07) is 2.13. The third kappa shape index (κ3) is 2.84. The molecular formula is C11H14ClFN2O2S2. The number of thioether (sulfide) groups is 1. The van der Waals surface area contributed by atoms with Gasteiger partial charge in [-0.25, -0.2) is 12.8 Å². The fourth-order valence-corrected chi connectivity index (χ4v) is 5.24. The number of hydrogen-bond donors (Lipinski definition) is 1. The molecule has 1 atom stereocenters. The van der Waals surface area contributed by atoms with E-state index in [1.165, 1.54) is 10.4 Å². The third-order valence-corrected chi connectivity index (χ3v) is 6.35. The third-order valence-electron chi connectivity index (χ3n) is 2.93. The summed E-state index contributed by atoms with van der Waals surface area (Å²) in [5.41, 5.74) is 5.18. The van der Waals surface area contributed by atoms with Gasteiger partial charge in [-0.15, -0.1) is 0 Å². The second kappa shape index (κ2) is 5.47. The van der Waals surface area contributed by atoms with Crippen LogP contribution in [0.4, 0.5) is 10.1 Å². The molecule has 19 heavy (non-hydrogen) atoms. The Morgan fingerprint density at radius 3 is 2.84 bits per heavy atom. The van der Waals surface area contributed by atoms with Crippen molar-refractivity contribution in [1.29, 1.82) is 0 Å². The number of nitrogens with zero attached hydrogens (tertiary/aromatic N) is 1. The molecule has 8 heteroatoms. The largest absolute Gasteiger partial charge is 0.396 e. The van der Waals surface area contributed by atoms with Crippen LogP contribution in [0.25, 0.3) is 0 Å². The average molecular weight is 325 g/mol. The van der Waals surface area contributed by atoms with Crippen molar-refractivity contribution in [3.05, 3.63) is 23.0 Å². The molecule has 1 aliphatic heterocycles. The molecule has 1 heterocycles. The molecule has 1 aromatic carbocycles. The van der Waals surface area contributed by atoms with Gasteiger partial charge in [-0.3, -0.25) is 0 Å². The minimum atomic E-state index is -3.91. The van der Waals surface area contributed by atoms with Crippen molar-refractivity contribution < 1.29 is 12.8 Å². The van der Waals surface area contributed by atoms with Gasteiger partial charge in [-0.05, 0) is 19.1 Å². The molecule has 1 saturated heterocycles. The predicted octanol–water partition coefficient (Wildman–Crippen LogP) is 2.19. The van der Waals surface area contributed by atoms with Crippen LogP contribution in [0.1, 0.15) is 6.92 Å². The van der Waals surface area contributed by atoms with Crippen LogP contribution in [0.5, 0.6) is 0 Å². The first-order chi connectivity index (χ1) is 8.84. The Balaban J connectivity index is 2.50. The maximum absolute atomic E-state index is 14.0. The van der Waals surface area contributed by atoms with Gasteiger partial charge in [-0.2, -0.15) is 16.1 Å². The fraction of sp³-hybridized carbons (Fsp3) is 0.455. The lowest BCUT2D eigenvalue weighted by Crippen LogP contribution is -2.44. The monoisotopic (exact) mass is 324 g/mol. The lowest BCUT2D eigenvalue weighted by atomic mass is 10.3. The second-order valence-electron chi connectivity index (χ2n) is 4.35. The Labute approximate surface area is 121 Å². The van der Waals surface area contributed by atoms with Crippen LogP contribution in [0, 0.1) is 5.82 Å². The van der Waals surface area contributed by atoms with E-state index in [2.05, 4.69) is 0 Å². The highest BCUT2D eigenvalue weighted by molar-refractivity contribution is 7.99. The van der Waals surface area contributed by atoms with E-state index in [9.17, 15) is 12.8 Å². The van der Waals surface area contributed by atoms with E-state index in [1.54, 1.807) is 18.7 Å². The molecule has 2 rings (SSSR count). The number of nitrogen functional groups attached to an aromatic ring is 1. The van der Waals surface area contributed by atoms with Crippen molar-refractivity contribution >= 4 is 39.1 Å². The minimum absolute atomic E-state index is 0.108. The summed E-state index contributed by atoms with van der Waals surface area (Å²) in [6.45, 7) is 2.16. The molecule has 0 spiro atoms. The Morgan fingerprint density at radius 1 is 1.53 bits per heavy atom. The Bertz CT molecular complexity index is 595. The molecular weight excluding hydrogens is 311 g/mol. The van der Waals surface area contributed by atoms with Crippen molar-refractivity contribution in [2.75, 3.05) is 23.8 Å². The molecule has 4 nitrogen and oxygen atoms in total. The van der Waals surface area contributed by atoms with Crippen molar-refractivity contribution in [3.8, 4) is 0 Å². The Kier molecular flexibility index (Phi) is 4.29. The number of halogens is 2. The standard InChI is InChI=1S/C11H14ClFN2O2S2/c1-7-6-18-3-2-15(7)19(16,17)10-5-8(12)4-9(14)11(10)13/h4-5,7H,2-3,6,14H2,1H3. The highest BCUT2D eigenvalue weighted by Gasteiger charge is 2.34. The molecule has 2 N–H and O–H groups in total. The molecule has 0 radical (unpaired) electrons. The van der Waals surface area contributed by atoms with E-state index < -0.39 is 20.7 Å². The zero-order valence-corrected chi connectivity index (χ0v) is 12.7. The average Bonchev–Trinajstić information content (AvgIpc) is 2.34. The van der Waals surface area contributed by atoms with Crippen LogP contribution in [-0.4, -0.2) is 36.8 Å². The van der Waals surface area contributed by atoms with Gasteiger partial charge in [0.15, 0.2) is 5.82 Å². The summed E-state index contributed by atoms with van der Waals surface area (Å²) >= 11 is 7.45. The summed E-state index contributed by atoms with van der Waals surface area (Å²) in [4.78, 5) is -0.448. The first-order valence-electron chi connectivity index (χ1n) is 5.68. The van der Waals surface area contributed by atoms with Crippen molar-refractivity contribution in [2.45, 2.75) is 17.9 Å². The summed E-state index contributed by atoms with van der Waals surface area (Å²) in [6.07, 6.45) is 0. The molecule has 0 amide bonds. The molecule has 0 aliphatic carbocycles. The van der Waals surface area contributed by atoms with Crippen LogP contribution < -0.4 is 5.73 Å². The van der Waals surface area contributed by atoms with Gasteiger partial charge >= 0.3 is 0 Å². The lowest BCUT2D eigenvalue weighted by Gasteiger charge is -2.32. The fourth-order valence-electron chi connectivity index (χ4n) is 1.97. The molecule has 0 saturated carbocycles. The number of sulfonamides is 1. The first-order valence-corrected chi connectivity index (χ1v) is 8.65. The van der Waals surface area contributed by atoms with Gasteiger partial charge < -0.3 is 5.73 Å². The summed E-state index contributed by atoms with van der Waals surface area (Å²) in [7, 11) is -3.91. The quantitative estimate of drug-likeness (QED) is 0.847. The molecule has 1 aromatic rings. The molecule has 106 valence electrons. The van der Waals surface area contributed by atoms with Crippen LogP contribution in [0.3, 0.4) is 0 Å². The van der Waals surface area contributed by atoms with Crippen LogP contribution in [0.15, 0.2) is 17.0 Å². The van der Waals surface area contributed by atoms with Crippen molar-refractivity contribution in [2.24, 2.45) is 0 Å². The predicted molar refractivity (Wildman–Crippen MR) is 76.5 cm³/mol. The molecule has 0 aromatic heterocycles. The zero-order chi connectivity index (χ0) is 14.2. The van der Waals surface area contributed by atoms with Crippen LogP contribution in [0.2, 0.25) is 5.02 Å². The highest BCUT2D eigenvalue weighted by atomic mass is 35.5. The van der Waals surface area contributed by atoms with Gasteiger partial charge in [0.25, 0.3) is 0 Å². The molecule has 1 aliphatic rings. The molecule has 0 bridgehead atoms. The van der Waals surface area contributed by atoms with Crippen molar-refractivity contribution in [1.82, 2.24) is 4.31 Å². The summed E-state index contributed by atoms with van der Waals surface area (Å²) in [5, 5.41) is 0.108. The number of nitrogens with two attached hydrogens (primary N) is 1. The summed E-state index contributed by atoms with van der Waals surface area (Å²) in [5.74, 6) is 0.452. The second-order valence-corrected chi connectivity index (χ2v) is 7.79. The Morgan fingerprint density at radius 2 is 2.21 bits per heavy atom. The zero-order valence-electron chi connectivity index (χ0n) is 10.3. The van der Waals surface area contributed by atoms with E-state index in [1.807, 2.05) is 0 Å². The van der Waals surface area contributed by atoms with Crippen molar-refractivity contribution in [3.63, 3.8) is 0 Å². The van der Waals surface area contributed by atoms with Gasteiger partial charge in [-0.1, -0.05) is 11.6 Å². The lowest BCUT2D eigenvalue weighted by molar-refractivity contribution is 0.365. The first kappa shape index (κ1) is 14.9. The normalized spacial score (nSPS) is 21.5. The maximum atomic E-state index is 14.0. The van der Waals surface area contributed by atoms with Gasteiger partial charge in [0, 0.05) is 29.1 Å². The summed E-state index contributed by atoms with van der Waals surface area (Å²) < 4.78 is 40.2. The minimum Gasteiger partial charge on any atom is -0.396 e. The number of rotatable bonds is 2. The smallest absolute Gasteiger partial charge is 0.246 e. The van der Waals surface area contributed by atoms with E-state index in [0.717, 1.165) is 6.07 Å². The SMILES string of the molecule is CC1CSCCN1S(=O)(=O)c1cc(Cl)cc(N)c1F. The van der Waals surface area contributed by atoms with E-state index in [4.69, 9.17) is 17.3 Å². The Hall–Kier alpha value is -0.500. The van der Waals surface area contributed by atoms with Crippen LogP contribution >= 0.6 is 23.4 Å². The van der Waals surface area contributed by atoms with Gasteiger partial charge in [0.2, 0.25) is 10.0 Å². The maximum Gasteiger partial charge on any atom is 0.246 e. The highest BCUT2D eigenvalue weighted by Crippen LogP contribution is 2.30. The van der Waals surface area contributed by atoms with Gasteiger partial charge in [0.1, 0.15) is 4.90 Å². The molecule has 1 fully saturated rings. The van der Waals surface area contributed by atoms with Crippen LogP contribution in [-0.2, 0) is 10.0 Å². The topological polar surface area (TPSA) is 63.4 Å². The van der Waals surface area contributed by atoms with E-state index in [-0.39, 0.29) is 16.8 Å². The number of benzene rings is 1.